The molecule has 0 aromatic heterocycles. The minimum atomic E-state index is -0.0791. The molecular weight excluding hydrogens is 266 g/mol. The number of carbonyl (C=O) groups excluding carboxylic acids is 1. The lowest BCUT2D eigenvalue weighted by atomic mass is 9.96. The second kappa shape index (κ2) is 5.34. The summed E-state index contributed by atoms with van der Waals surface area (Å²) in [5, 5.41) is 9.56. The third-order valence-electron chi connectivity index (χ3n) is 5.10. The van der Waals surface area contributed by atoms with Crippen molar-refractivity contribution in [2.24, 2.45) is 5.92 Å². The highest BCUT2D eigenvalue weighted by atomic mass is 16.5. The van der Waals surface area contributed by atoms with E-state index in [-0.39, 0.29) is 24.7 Å². The van der Waals surface area contributed by atoms with Crippen LogP contribution in [0.15, 0.2) is 18.2 Å². The third-order valence-corrected chi connectivity index (χ3v) is 5.10. The number of hydrogen-bond acceptors (Lipinski definition) is 3. The van der Waals surface area contributed by atoms with Crippen LogP contribution in [0.25, 0.3) is 0 Å². The van der Waals surface area contributed by atoms with Crippen LogP contribution in [-0.2, 0) is 0 Å². The van der Waals surface area contributed by atoms with E-state index in [4.69, 9.17) is 4.74 Å². The zero-order valence-electron chi connectivity index (χ0n) is 12.9. The van der Waals surface area contributed by atoms with Crippen LogP contribution >= 0.6 is 0 Å². The molecule has 114 valence electrons. The van der Waals surface area contributed by atoms with Gasteiger partial charge in [0.15, 0.2) is 0 Å². The highest BCUT2D eigenvalue weighted by molar-refractivity contribution is 5.98. The smallest absolute Gasteiger partial charge is 0.257 e. The maximum atomic E-state index is 12.9. The Balaban J connectivity index is 1.94. The first-order valence-corrected chi connectivity index (χ1v) is 7.76. The zero-order valence-corrected chi connectivity index (χ0v) is 12.9. The Morgan fingerprint density at radius 2 is 2.14 bits per heavy atom. The Labute approximate surface area is 125 Å². The van der Waals surface area contributed by atoms with E-state index >= 15 is 0 Å². The topological polar surface area (TPSA) is 49.8 Å². The standard InChI is InChI=1S/C17H23NO3/c1-10-7-8-18(15(10)9-19)17(20)14-6-4-5-13-11(2)12(3)21-16(13)14/h4-6,10-12,15,19H,7-9H2,1-3H3. The van der Waals surface area contributed by atoms with E-state index in [0.29, 0.717) is 23.9 Å². The fourth-order valence-corrected chi connectivity index (χ4v) is 3.45. The highest BCUT2D eigenvalue weighted by Crippen LogP contribution is 2.41. The second-order valence-corrected chi connectivity index (χ2v) is 6.35. The summed E-state index contributed by atoms with van der Waals surface area (Å²) in [6.45, 7) is 6.98. The van der Waals surface area contributed by atoms with Crippen molar-refractivity contribution in [3.05, 3.63) is 29.3 Å². The fraction of sp³-hybridized carbons (Fsp3) is 0.588. The van der Waals surface area contributed by atoms with Crippen molar-refractivity contribution in [3.63, 3.8) is 0 Å². The summed E-state index contributed by atoms with van der Waals surface area (Å²) < 4.78 is 5.92. The molecule has 0 spiro atoms. The lowest BCUT2D eigenvalue weighted by Crippen LogP contribution is -2.40. The molecule has 21 heavy (non-hydrogen) atoms. The van der Waals surface area contributed by atoms with Crippen molar-refractivity contribution in [2.45, 2.75) is 45.3 Å². The molecule has 4 heteroatoms. The van der Waals surface area contributed by atoms with Crippen molar-refractivity contribution < 1.29 is 14.6 Å². The van der Waals surface area contributed by atoms with E-state index in [1.165, 1.54) is 0 Å². The first kappa shape index (κ1) is 14.4. The maximum absolute atomic E-state index is 12.9. The number of nitrogens with zero attached hydrogens (tertiary/aromatic N) is 1. The molecule has 1 saturated heterocycles. The van der Waals surface area contributed by atoms with Gasteiger partial charge in [-0.15, -0.1) is 0 Å². The molecule has 3 rings (SSSR count). The predicted molar refractivity (Wildman–Crippen MR) is 80.6 cm³/mol. The van der Waals surface area contributed by atoms with Gasteiger partial charge in [0.1, 0.15) is 11.9 Å². The molecule has 1 aromatic rings. The maximum Gasteiger partial charge on any atom is 0.257 e. The minimum absolute atomic E-state index is 0.0171. The van der Waals surface area contributed by atoms with E-state index in [1.54, 1.807) is 4.90 Å². The summed E-state index contributed by atoms with van der Waals surface area (Å²) in [6, 6.07) is 5.72. The predicted octanol–water partition coefficient (Wildman–Crippen LogP) is 2.41. The van der Waals surface area contributed by atoms with Gasteiger partial charge >= 0.3 is 0 Å². The summed E-state index contributed by atoms with van der Waals surface area (Å²) >= 11 is 0. The Kier molecular flexibility index (Phi) is 3.66. The zero-order chi connectivity index (χ0) is 15.1. The molecule has 0 saturated carbocycles. The quantitative estimate of drug-likeness (QED) is 0.909. The van der Waals surface area contributed by atoms with Gasteiger partial charge in [-0.25, -0.2) is 0 Å². The number of para-hydroxylation sites is 1. The molecule has 4 nitrogen and oxygen atoms in total. The van der Waals surface area contributed by atoms with Gasteiger partial charge in [0, 0.05) is 18.0 Å². The van der Waals surface area contributed by atoms with Crippen LogP contribution in [0.2, 0.25) is 0 Å². The number of hydrogen-bond donors (Lipinski definition) is 1. The summed E-state index contributed by atoms with van der Waals surface area (Å²) in [6.07, 6.45) is 1.04. The van der Waals surface area contributed by atoms with Gasteiger partial charge in [-0.3, -0.25) is 4.79 Å². The molecule has 4 atom stereocenters. The normalized spacial score (nSPS) is 31.1. The number of aliphatic hydroxyl groups is 1. The summed E-state index contributed by atoms with van der Waals surface area (Å²) in [5.41, 5.74) is 1.75. The van der Waals surface area contributed by atoms with Crippen molar-refractivity contribution in [1.82, 2.24) is 4.90 Å². The number of aliphatic hydroxyl groups excluding tert-OH is 1. The summed E-state index contributed by atoms with van der Waals surface area (Å²) in [4.78, 5) is 14.7. The van der Waals surface area contributed by atoms with Gasteiger partial charge in [-0.05, 0) is 25.3 Å². The van der Waals surface area contributed by atoms with E-state index < -0.39 is 0 Å². The van der Waals surface area contributed by atoms with Crippen LogP contribution in [0.1, 0.15) is 49.0 Å². The summed E-state index contributed by atoms with van der Waals surface area (Å²) in [7, 11) is 0. The molecule has 0 bridgehead atoms. The first-order chi connectivity index (χ1) is 10.0. The van der Waals surface area contributed by atoms with Gasteiger partial charge in [-0.2, -0.15) is 0 Å². The Morgan fingerprint density at radius 3 is 2.86 bits per heavy atom. The number of ether oxygens (including phenoxy) is 1. The molecular formula is C17H23NO3. The van der Waals surface area contributed by atoms with E-state index in [9.17, 15) is 9.90 Å². The van der Waals surface area contributed by atoms with Crippen molar-refractivity contribution in [3.8, 4) is 5.75 Å². The van der Waals surface area contributed by atoms with Crippen LogP contribution in [0, 0.1) is 5.92 Å². The molecule has 1 fully saturated rings. The number of likely N-dealkylation sites (tertiary alicyclic amines) is 1. The van der Waals surface area contributed by atoms with Crippen molar-refractivity contribution >= 4 is 5.91 Å². The number of fused-ring (bicyclic) bond motifs is 1. The molecule has 1 amide bonds. The highest BCUT2D eigenvalue weighted by Gasteiger charge is 2.37. The Bertz CT molecular complexity index is 557. The van der Waals surface area contributed by atoms with Gasteiger partial charge in [-0.1, -0.05) is 26.0 Å². The van der Waals surface area contributed by atoms with E-state index in [2.05, 4.69) is 13.8 Å². The van der Waals surface area contributed by atoms with E-state index in [0.717, 1.165) is 17.7 Å². The average molecular weight is 289 g/mol. The molecule has 1 aromatic carbocycles. The largest absolute Gasteiger partial charge is 0.489 e. The number of amides is 1. The second-order valence-electron chi connectivity index (χ2n) is 6.35. The molecule has 1 N–H and O–H groups in total. The van der Waals surface area contributed by atoms with Gasteiger partial charge in [0.2, 0.25) is 0 Å². The van der Waals surface area contributed by atoms with Gasteiger partial charge in [0.25, 0.3) is 5.91 Å². The molecule has 0 radical (unpaired) electrons. The van der Waals surface area contributed by atoms with Crippen molar-refractivity contribution in [1.29, 1.82) is 0 Å². The van der Waals surface area contributed by atoms with Crippen LogP contribution in [0.5, 0.6) is 5.75 Å². The Morgan fingerprint density at radius 1 is 1.38 bits per heavy atom. The molecule has 0 aliphatic carbocycles. The lowest BCUT2D eigenvalue weighted by molar-refractivity contribution is 0.0643. The molecule has 2 aliphatic rings. The SMILES string of the molecule is CC1CCN(C(=O)c2cccc3c2OC(C)C3C)C1CO. The van der Waals surface area contributed by atoms with Crippen LogP contribution in [0.4, 0.5) is 0 Å². The summed E-state index contributed by atoms with van der Waals surface area (Å²) in [5.74, 6) is 1.36. The van der Waals surface area contributed by atoms with Crippen LogP contribution in [0.3, 0.4) is 0 Å². The number of carbonyl (C=O) groups is 1. The molecule has 4 unspecified atom stereocenters. The molecule has 2 heterocycles. The minimum Gasteiger partial charge on any atom is -0.489 e. The number of benzene rings is 1. The fourth-order valence-electron chi connectivity index (χ4n) is 3.45. The first-order valence-electron chi connectivity index (χ1n) is 7.76. The average Bonchev–Trinajstić information content (AvgIpc) is 2.99. The van der Waals surface area contributed by atoms with Crippen LogP contribution < -0.4 is 4.74 Å². The lowest BCUT2D eigenvalue weighted by Gasteiger charge is -2.26. The monoisotopic (exact) mass is 289 g/mol. The van der Waals surface area contributed by atoms with Gasteiger partial charge in [0.05, 0.1) is 18.2 Å². The third kappa shape index (κ3) is 2.22. The van der Waals surface area contributed by atoms with Gasteiger partial charge < -0.3 is 14.7 Å². The van der Waals surface area contributed by atoms with E-state index in [1.807, 2.05) is 25.1 Å². The Hall–Kier alpha value is -1.55. The molecule has 2 aliphatic heterocycles. The number of rotatable bonds is 2. The van der Waals surface area contributed by atoms with Crippen LogP contribution in [-0.4, -0.2) is 41.2 Å². The van der Waals surface area contributed by atoms with Crippen molar-refractivity contribution in [2.75, 3.05) is 13.2 Å².